The van der Waals surface area contributed by atoms with Crippen LogP contribution in [0.15, 0.2) is 18.2 Å². The van der Waals surface area contributed by atoms with Crippen LogP contribution >= 0.6 is 0 Å². The van der Waals surface area contributed by atoms with Gasteiger partial charge in [0.1, 0.15) is 0 Å². The molecular formula is C15H20N4O2. The number of carbonyl (C=O) groups is 1. The van der Waals surface area contributed by atoms with Crippen molar-refractivity contribution in [1.82, 2.24) is 4.90 Å². The number of benzene rings is 1. The predicted octanol–water partition coefficient (Wildman–Crippen LogP) is 2.17. The number of rotatable bonds is 3. The summed E-state index contributed by atoms with van der Waals surface area (Å²) in [5, 5.41) is 12.3. The lowest BCUT2D eigenvalue weighted by Gasteiger charge is -2.32. The van der Waals surface area contributed by atoms with Gasteiger partial charge in [-0.15, -0.1) is 0 Å². The van der Waals surface area contributed by atoms with Gasteiger partial charge in [-0.3, -0.25) is 0 Å². The maximum Gasteiger partial charge on any atom is 0.409 e. The van der Waals surface area contributed by atoms with Gasteiger partial charge in [0.15, 0.2) is 0 Å². The van der Waals surface area contributed by atoms with Crippen LogP contribution < -0.4 is 11.1 Å². The first-order chi connectivity index (χ1) is 10.1. The lowest BCUT2D eigenvalue weighted by molar-refractivity contribution is 0.0983. The zero-order valence-corrected chi connectivity index (χ0v) is 12.1. The number of amides is 1. The van der Waals surface area contributed by atoms with E-state index in [0.717, 1.165) is 18.5 Å². The molecule has 1 aromatic carbocycles. The van der Waals surface area contributed by atoms with Crippen LogP contribution in [-0.4, -0.2) is 36.7 Å². The molecule has 6 heteroatoms. The smallest absolute Gasteiger partial charge is 0.409 e. The van der Waals surface area contributed by atoms with Gasteiger partial charge in [-0.05, 0) is 38.0 Å². The summed E-state index contributed by atoms with van der Waals surface area (Å²) < 4.78 is 4.99. The molecule has 6 nitrogen and oxygen atoms in total. The van der Waals surface area contributed by atoms with Crippen molar-refractivity contribution < 1.29 is 9.53 Å². The van der Waals surface area contributed by atoms with Gasteiger partial charge in [-0.1, -0.05) is 0 Å². The third-order valence-corrected chi connectivity index (χ3v) is 3.56. The molecule has 0 aliphatic carbocycles. The fourth-order valence-electron chi connectivity index (χ4n) is 2.39. The summed E-state index contributed by atoms with van der Waals surface area (Å²) in [6.07, 6.45) is 1.41. The molecule has 1 fully saturated rings. The molecule has 21 heavy (non-hydrogen) atoms. The van der Waals surface area contributed by atoms with Crippen molar-refractivity contribution in [3.63, 3.8) is 0 Å². The molecule has 1 heterocycles. The molecule has 1 aromatic rings. The Morgan fingerprint density at radius 2 is 2.24 bits per heavy atom. The van der Waals surface area contributed by atoms with Gasteiger partial charge in [-0.25, -0.2) is 4.79 Å². The van der Waals surface area contributed by atoms with E-state index in [1.165, 1.54) is 0 Å². The predicted molar refractivity (Wildman–Crippen MR) is 80.8 cm³/mol. The fraction of sp³-hybridized carbons (Fsp3) is 0.467. The van der Waals surface area contributed by atoms with Gasteiger partial charge in [-0.2, -0.15) is 5.26 Å². The van der Waals surface area contributed by atoms with Crippen molar-refractivity contribution in [3.8, 4) is 6.07 Å². The highest BCUT2D eigenvalue weighted by molar-refractivity contribution is 5.69. The first-order valence-electron chi connectivity index (χ1n) is 7.12. The number of nitrogens with one attached hydrogen (secondary N) is 1. The van der Waals surface area contributed by atoms with E-state index in [-0.39, 0.29) is 12.1 Å². The minimum absolute atomic E-state index is 0.243. The number of nitrogens with two attached hydrogens (primary N) is 1. The third kappa shape index (κ3) is 3.78. The first-order valence-corrected chi connectivity index (χ1v) is 7.12. The van der Waals surface area contributed by atoms with Crippen LogP contribution in [-0.2, 0) is 4.74 Å². The van der Waals surface area contributed by atoms with Gasteiger partial charge in [0.05, 0.1) is 29.6 Å². The molecule has 1 saturated heterocycles. The van der Waals surface area contributed by atoms with Crippen LogP contribution in [0.4, 0.5) is 16.2 Å². The maximum atomic E-state index is 11.6. The monoisotopic (exact) mass is 288 g/mol. The van der Waals surface area contributed by atoms with E-state index < -0.39 is 0 Å². The van der Waals surface area contributed by atoms with Gasteiger partial charge >= 0.3 is 6.09 Å². The van der Waals surface area contributed by atoms with Crippen molar-refractivity contribution >= 4 is 17.5 Å². The Kier molecular flexibility index (Phi) is 4.88. The van der Waals surface area contributed by atoms with E-state index in [1.807, 2.05) is 0 Å². The number of anilines is 2. The highest BCUT2D eigenvalue weighted by Crippen LogP contribution is 2.23. The van der Waals surface area contributed by atoms with Crippen molar-refractivity contribution in [3.05, 3.63) is 23.8 Å². The lowest BCUT2D eigenvalue weighted by Crippen LogP contribution is -2.42. The summed E-state index contributed by atoms with van der Waals surface area (Å²) in [5.41, 5.74) is 7.91. The molecule has 1 amide bonds. The number of hydrogen-bond donors (Lipinski definition) is 2. The molecule has 1 aliphatic rings. The molecule has 0 unspecified atom stereocenters. The number of likely N-dealkylation sites (tertiary alicyclic amines) is 1. The zero-order chi connectivity index (χ0) is 15.2. The Bertz CT molecular complexity index is 545. The number of ether oxygens (including phenoxy) is 1. The molecule has 0 bridgehead atoms. The number of carbonyl (C=O) groups excluding carboxylic acids is 1. The minimum Gasteiger partial charge on any atom is -0.450 e. The molecule has 0 saturated carbocycles. The topological polar surface area (TPSA) is 91.4 Å². The van der Waals surface area contributed by atoms with E-state index in [1.54, 1.807) is 30.0 Å². The quantitative estimate of drug-likeness (QED) is 0.832. The lowest BCUT2D eigenvalue weighted by atomic mass is 10.0. The number of nitrogens with zero attached hydrogens (tertiary/aromatic N) is 2. The van der Waals surface area contributed by atoms with E-state index >= 15 is 0 Å². The molecule has 112 valence electrons. The maximum absolute atomic E-state index is 11.6. The van der Waals surface area contributed by atoms with E-state index in [4.69, 9.17) is 15.7 Å². The fourth-order valence-corrected chi connectivity index (χ4v) is 2.39. The Balaban J connectivity index is 1.92. The second kappa shape index (κ2) is 6.84. The average molecular weight is 288 g/mol. The van der Waals surface area contributed by atoms with Crippen LogP contribution in [0.5, 0.6) is 0 Å². The molecule has 0 atom stereocenters. The van der Waals surface area contributed by atoms with Gasteiger partial charge in [0, 0.05) is 19.1 Å². The van der Waals surface area contributed by atoms with Crippen LogP contribution in [0, 0.1) is 11.3 Å². The van der Waals surface area contributed by atoms with Crippen LogP contribution in [0.3, 0.4) is 0 Å². The van der Waals surface area contributed by atoms with Crippen molar-refractivity contribution in [2.24, 2.45) is 0 Å². The Morgan fingerprint density at radius 3 is 2.86 bits per heavy atom. The summed E-state index contributed by atoms with van der Waals surface area (Å²) in [5.74, 6) is 0. The highest BCUT2D eigenvalue weighted by Gasteiger charge is 2.23. The molecule has 2 rings (SSSR count). The Labute approximate surface area is 124 Å². The van der Waals surface area contributed by atoms with Crippen molar-refractivity contribution in [2.45, 2.75) is 25.8 Å². The van der Waals surface area contributed by atoms with Crippen molar-refractivity contribution in [1.29, 1.82) is 5.26 Å². The summed E-state index contributed by atoms with van der Waals surface area (Å²) in [6.45, 7) is 3.52. The molecule has 1 aliphatic heterocycles. The SMILES string of the molecule is CCOC(=O)N1CCC(Nc2cc(C#N)ccc2N)CC1. The van der Waals surface area contributed by atoms with Crippen LogP contribution in [0.25, 0.3) is 0 Å². The summed E-state index contributed by atoms with van der Waals surface area (Å²) in [7, 11) is 0. The van der Waals surface area contributed by atoms with E-state index in [2.05, 4.69) is 11.4 Å². The number of nitrogen functional groups attached to an aromatic ring is 1. The largest absolute Gasteiger partial charge is 0.450 e. The third-order valence-electron chi connectivity index (χ3n) is 3.56. The molecule has 3 N–H and O–H groups in total. The molecule has 0 spiro atoms. The Morgan fingerprint density at radius 1 is 1.52 bits per heavy atom. The van der Waals surface area contributed by atoms with Gasteiger partial charge < -0.3 is 20.7 Å². The summed E-state index contributed by atoms with van der Waals surface area (Å²) in [6, 6.07) is 7.53. The second-order valence-corrected chi connectivity index (χ2v) is 5.02. The Hall–Kier alpha value is -2.42. The number of hydrogen-bond acceptors (Lipinski definition) is 5. The first kappa shape index (κ1) is 15.0. The molecular weight excluding hydrogens is 268 g/mol. The van der Waals surface area contributed by atoms with E-state index in [9.17, 15) is 4.79 Å². The standard InChI is InChI=1S/C15H20N4O2/c1-2-21-15(20)19-7-5-12(6-8-19)18-14-9-11(10-16)3-4-13(14)17/h3-4,9,12,18H,2,5-8,17H2,1H3. The average Bonchev–Trinajstić information content (AvgIpc) is 2.50. The number of piperidine rings is 1. The minimum atomic E-state index is -0.248. The normalized spacial score (nSPS) is 15.3. The van der Waals surface area contributed by atoms with Crippen molar-refractivity contribution in [2.75, 3.05) is 30.7 Å². The van der Waals surface area contributed by atoms with Crippen LogP contribution in [0.2, 0.25) is 0 Å². The summed E-state index contributed by atoms with van der Waals surface area (Å²) >= 11 is 0. The van der Waals surface area contributed by atoms with E-state index in [0.29, 0.717) is 30.9 Å². The zero-order valence-electron chi connectivity index (χ0n) is 12.1. The molecule has 0 aromatic heterocycles. The highest BCUT2D eigenvalue weighted by atomic mass is 16.6. The van der Waals surface area contributed by atoms with Crippen LogP contribution in [0.1, 0.15) is 25.3 Å². The molecule has 0 radical (unpaired) electrons. The second-order valence-electron chi connectivity index (χ2n) is 5.02. The summed E-state index contributed by atoms with van der Waals surface area (Å²) in [4.78, 5) is 13.3. The van der Waals surface area contributed by atoms with Gasteiger partial charge in [0.25, 0.3) is 0 Å². The number of nitriles is 1. The van der Waals surface area contributed by atoms with Gasteiger partial charge in [0.2, 0.25) is 0 Å².